The zero-order valence-corrected chi connectivity index (χ0v) is 35.8. The van der Waals surface area contributed by atoms with Gasteiger partial charge in [0.15, 0.2) is 29.7 Å². The molecule has 1 heterocycles. The van der Waals surface area contributed by atoms with Crippen LogP contribution in [0.4, 0.5) is 0 Å². The summed E-state index contributed by atoms with van der Waals surface area (Å²) in [5.41, 5.74) is -6.82. The fraction of sp³-hybridized carbons (Fsp3) is 0.458. The van der Waals surface area contributed by atoms with Crippen molar-refractivity contribution in [3.8, 4) is 0 Å². The van der Waals surface area contributed by atoms with Gasteiger partial charge in [-0.1, -0.05) is 92.7 Å². The molecular formula is C48H52O15. The topological polar surface area (TPSA) is 218 Å². The van der Waals surface area contributed by atoms with Gasteiger partial charge >= 0.3 is 29.8 Å². The molecule has 3 fully saturated rings. The number of aliphatic hydroxyl groups is 3. The Morgan fingerprint density at radius 2 is 1.44 bits per heavy atom. The van der Waals surface area contributed by atoms with Crippen LogP contribution in [0.5, 0.6) is 0 Å². The van der Waals surface area contributed by atoms with E-state index in [1.807, 2.05) is 0 Å². The molecule has 0 radical (unpaired) electrons. The molecular weight excluding hydrogens is 817 g/mol. The van der Waals surface area contributed by atoms with Gasteiger partial charge in [-0.25, -0.2) is 9.59 Å². The number of ketones is 1. The lowest BCUT2D eigenvalue weighted by Crippen LogP contribution is -2.82. The third-order valence-corrected chi connectivity index (χ3v) is 13.5. The van der Waals surface area contributed by atoms with Gasteiger partial charge < -0.3 is 43.7 Å². The van der Waals surface area contributed by atoms with Crippen molar-refractivity contribution in [1.29, 1.82) is 0 Å². The summed E-state index contributed by atoms with van der Waals surface area (Å²) in [7, 11) is 0. The Morgan fingerprint density at radius 1 is 0.841 bits per heavy atom. The average Bonchev–Trinajstić information content (AvgIpc) is 3.24. The van der Waals surface area contributed by atoms with Gasteiger partial charge in [0.25, 0.3) is 0 Å². The number of carbonyl (C=O) groups is 6. The van der Waals surface area contributed by atoms with Crippen LogP contribution in [0, 0.1) is 16.7 Å². The van der Waals surface area contributed by atoms with Crippen molar-refractivity contribution >= 4 is 35.6 Å². The Labute approximate surface area is 364 Å². The van der Waals surface area contributed by atoms with Crippen LogP contribution < -0.4 is 0 Å². The van der Waals surface area contributed by atoms with Gasteiger partial charge in [0.1, 0.15) is 23.9 Å². The van der Waals surface area contributed by atoms with Crippen molar-refractivity contribution in [3.63, 3.8) is 0 Å². The number of rotatable bonds is 11. The molecule has 15 nitrogen and oxygen atoms in total. The molecule has 7 rings (SSSR count). The maximum atomic E-state index is 15.5. The minimum atomic E-state index is -2.40. The predicted octanol–water partition coefficient (Wildman–Crippen LogP) is 4.09. The van der Waals surface area contributed by atoms with E-state index in [2.05, 4.69) is 0 Å². The third-order valence-electron chi connectivity index (χ3n) is 13.5. The molecule has 0 aromatic heterocycles. The Hall–Kier alpha value is -5.74. The first-order valence-electron chi connectivity index (χ1n) is 20.8. The van der Waals surface area contributed by atoms with Gasteiger partial charge in [-0.3, -0.25) is 19.2 Å². The Balaban J connectivity index is 1.37. The van der Waals surface area contributed by atoms with Crippen LogP contribution in [0.1, 0.15) is 82.0 Å². The number of benzene rings is 3. The molecule has 3 aromatic rings. The maximum Gasteiger partial charge on any atom is 0.339 e. The molecule has 3 aromatic carbocycles. The van der Waals surface area contributed by atoms with Crippen molar-refractivity contribution < 1.29 is 72.5 Å². The molecule has 4 aliphatic rings. The Morgan fingerprint density at radius 3 is 2.02 bits per heavy atom. The van der Waals surface area contributed by atoms with Crippen LogP contribution >= 0.6 is 0 Å². The summed E-state index contributed by atoms with van der Waals surface area (Å²) in [6.07, 6.45) is -12.4. The van der Waals surface area contributed by atoms with Crippen LogP contribution in [0.15, 0.2) is 102 Å². The highest BCUT2D eigenvalue weighted by Crippen LogP contribution is 2.64. The molecule has 3 N–H and O–H groups in total. The summed E-state index contributed by atoms with van der Waals surface area (Å²) in [5, 5.41) is 37.5. The SMILES string of the molecule is CC(=O)O[C@H]1C(=O)[C@]2(C)[C@@H](O)C[C@H]3OC[C@@]3(OC(C)=O)[C@@H]2[C@@H](OC(=O)c2ccccc2)[C@]2(O)C[C@@H](OC(=O)[C@H](O)[C@@H](OC(=O)Cc3ccccc3)c3ccccc3)C(C)=C1C2(C)C. The molecule has 1 aliphatic heterocycles. The molecule has 0 unspecified atom stereocenters. The number of fused-ring (bicyclic) bond motifs is 5. The van der Waals surface area contributed by atoms with Crippen LogP contribution in [0.3, 0.4) is 0 Å². The lowest BCUT2D eigenvalue weighted by Gasteiger charge is -2.67. The van der Waals surface area contributed by atoms with Gasteiger partial charge in [-0.2, -0.15) is 0 Å². The molecule has 2 bridgehead atoms. The van der Waals surface area contributed by atoms with E-state index in [9.17, 15) is 39.3 Å². The van der Waals surface area contributed by atoms with Gasteiger partial charge in [-0.15, -0.1) is 0 Å². The van der Waals surface area contributed by atoms with E-state index < -0.39 is 113 Å². The second kappa shape index (κ2) is 17.1. The first-order chi connectivity index (χ1) is 29.8. The normalized spacial score (nSPS) is 31.5. The highest BCUT2D eigenvalue weighted by atomic mass is 16.6. The van der Waals surface area contributed by atoms with Crippen molar-refractivity contribution in [2.75, 3.05) is 6.61 Å². The second-order valence-electron chi connectivity index (χ2n) is 17.6. The fourth-order valence-electron chi connectivity index (χ4n) is 10.3. The monoisotopic (exact) mass is 868 g/mol. The first-order valence-corrected chi connectivity index (χ1v) is 20.8. The van der Waals surface area contributed by atoms with Gasteiger partial charge in [0.05, 0.1) is 36.0 Å². The maximum absolute atomic E-state index is 15.5. The van der Waals surface area contributed by atoms with Crippen LogP contribution in [0.25, 0.3) is 0 Å². The smallest absolute Gasteiger partial charge is 0.339 e. The number of hydrogen-bond acceptors (Lipinski definition) is 15. The number of esters is 5. The minimum absolute atomic E-state index is 0.0150. The van der Waals surface area contributed by atoms with Gasteiger partial charge in [-0.05, 0) is 48.3 Å². The molecule has 3 aliphatic carbocycles. The quantitative estimate of drug-likeness (QED) is 0.140. The Kier molecular flexibility index (Phi) is 12.3. The molecule has 63 heavy (non-hydrogen) atoms. The summed E-state index contributed by atoms with van der Waals surface area (Å²) >= 11 is 0. The summed E-state index contributed by atoms with van der Waals surface area (Å²) in [5.74, 6) is -7.08. The average molecular weight is 869 g/mol. The third kappa shape index (κ3) is 7.85. The highest BCUT2D eigenvalue weighted by molar-refractivity contribution is 5.95. The van der Waals surface area contributed by atoms with E-state index in [1.54, 1.807) is 92.7 Å². The minimum Gasteiger partial charge on any atom is -0.456 e. The number of ether oxygens (including phenoxy) is 6. The van der Waals surface area contributed by atoms with Crippen LogP contribution in [-0.2, 0) is 58.8 Å². The van der Waals surface area contributed by atoms with Gasteiger partial charge in [0, 0.05) is 32.1 Å². The molecule has 11 atom stereocenters. The van der Waals surface area contributed by atoms with E-state index in [4.69, 9.17) is 28.4 Å². The molecule has 1 saturated heterocycles. The Bertz CT molecular complexity index is 2290. The van der Waals surface area contributed by atoms with Crippen molar-refractivity contribution in [1.82, 2.24) is 0 Å². The zero-order valence-electron chi connectivity index (χ0n) is 35.8. The summed E-state index contributed by atoms with van der Waals surface area (Å²) in [6.45, 7) is 7.93. The van der Waals surface area contributed by atoms with Gasteiger partial charge in [0.2, 0.25) is 0 Å². The molecule has 334 valence electrons. The zero-order chi connectivity index (χ0) is 45.6. The largest absolute Gasteiger partial charge is 0.456 e. The number of aliphatic hydroxyl groups excluding tert-OH is 2. The van der Waals surface area contributed by atoms with Crippen LogP contribution in [-0.4, -0.2) is 105 Å². The number of carbonyl (C=O) groups excluding carboxylic acids is 6. The lowest BCUT2D eigenvalue weighted by molar-refractivity contribution is -0.346. The fourth-order valence-corrected chi connectivity index (χ4v) is 10.3. The molecule has 2 saturated carbocycles. The molecule has 0 amide bonds. The van der Waals surface area contributed by atoms with E-state index in [-0.39, 0.29) is 41.7 Å². The highest BCUT2D eigenvalue weighted by Gasteiger charge is 2.78. The summed E-state index contributed by atoms with van der Waals surface area (Å²) in [4.78, 5) is 83.3. The lowest BCUT2D eigenvalue weighted by atomic mass is 9.44. The predicted molar refractivity (Wildman–Crippen MR) is 220 cm³/mol. The standard InChI is InChI=1S/C48H52O15/c1-26-32(60-44(56)37(53)38(30-18-12-8-13-19-30)61-35(52)22-29-16-10-7-11-17-29)24-48(57)42(62-43(55)31-20-14-9-15-21-31)40-46(6,33(51)23-34-47(40,25-58-34)63-28(3)50)41(54)39(59-27(2)49)36(26)45(48,4)5/h7-21,32-34,37-40,42,51,53,57H,22-25H2,1-6H3/t32-,33+,34-,37-,38+,39-,40-,42-,46-,47+,48-/m1/s1. The first kappa shape index (κ1) is 45.3. The van der Waals surface area contributed by atoms with E-state index >= 15 is 4.79 Å². The number of hydrogen-bond donors (Lipinski definition) is 3. The van der Waals surface area contributed by atoms with E-state index in [0.29, 0.717) is 5.56 Å². The summed E-state index contributed by atoms with van der Waals surface area (Å²) in [6, 6.07) is 24.6. The van der Waals surface area contributed by atoms with Crippen molar-refractivity contribution in [2.45, 2.75) is 115 Å². The van der Waals surface area contributed by atoms with Crippen molar-refractivity contribution in [2.24, 2.45) is 16.7 Å². The van der Waals surface area contributed by atoms with E-state index in [1.165, 1.54) is 26.0 Å². The van der Waals surface area contributed by atoms with Crippen molar-refractivity contribution in [3.05, 3.63) is 119 Å². The molecule has 15 heteroatoms. The second-order valence-corrected chi connectivity index (χ2v) is 17.6. The number of Topliss-reactive ketones (excluding diaryl/α,β-unsaturated/α-hetero) is 1. The van der Waals surface area contributed by atoms with Crippen LogP contribution in [0.2, 0.25) is 0 Å². The summed E-state index contributed by atoms with van der Waals surface area (Å²) < 4.78 is 36.0. The molecule has 0 spiro atoms. The van der Waals surface area contributed by atoms with E-state index in [0.717, 1.165) is 13.8 Å².